The molecule has 1 saturated heterocycles. The molecular weight excluding hydrogens is 357 g/mol. The molecule has 1 fully saturated rings. The van der Waals surface area contributed by atoms with Crippen molar-refractivity contribution in [3.8, 4) is 0 Å². The first-order chi connectivity index (χ1) is 12.5. The van der Waals surface area contributed by atoms with E-state index in [4.69, 9.17) is 0 Å². The fraction of sp³-hybridized carbons (Fsp3) is 0.400. The van der Waals surface area contributed by atoms with Crippen LogP contribution in [0.5, 0.6) is 0 Å². The molecule has 0 bridgehead atoms. The first kappa shape index (κ1) is 19.3. The van der Waals surface area contributed by atoms with Crippen molar-refractivity contribution in [2.75, 3.05) is 32.4 Å². The summed E-state index contributed by atoms with van der Waals surface area (Å²) in [5.74, 6) is 0. The van der Waals surface area contributed by atoms with Crippen LogP contribution in [0.25, 0.3) is 0 Å². The van der Waals surface area contributed by atoms with Gasteiger partial charge >= 0.3 is 6.18 Å². The normalized spacial score (nSPS) is 17.7. The summed E-state index contributed by atoms with van der Waals surface area (Å²) in [6.45, 7) is 3.46. The Morgan fingerprint density at radius 1 is 1.00 bits per heavy atom. The average molecular weight is 380 g/mol. The van der Waals surface area contributed by atoms with Gasteiger partial charge in [-0.05, 0) is 54.6 Å². The second kappa shape index (κ2) is 8.46. The minimum absolute atomic E-state index is 0.173. The predicted molar refractivity (Wildman–Crippen MR) is 101 cm³/mol. The molecule has 0 aromatic heterocycles. The molecule has 2 aromatic carbocycles. The zero-order valence-corrected chi connectivity index (χ0v) is 15.5. The topological polar surface area (TPSA) is 15.3 Å². The zero-order valence-electron chi connectivity index (χ0n) is 14.7. The third kappa shape index (κ3) is 4.61. The van der Waals surface area contributed by atoms with Gasteiger partial charge in [0, 0.05) is 24.5 Å². The maximum Gasteiger partial charge on any atom is 0.416 e. The van der Waals surface area contributed by atoms with Gasteiger partial charge in [0.1, 0.15) is 0 Å². The van der Waals surface area contributed by atoms with Crippen molar-refractivity contribution < 1.29 is 13.2 Å². The molecule has 1 heterocycles. The van der Waals surface area contributed by atoms with Crippen LogP contribution in [0.4, 0.5) is 13.2 Å². The van der Waals surface area contributed by atoms with E-state index in [-0.39, 0.29) is 6.04 Å². The Morgan fingerprint density at radius 3 is 2.46 bits per heavy atom. The van der Waals surface area contributed by atoms with Crippen LogP contribution in [0.2, 0.25) is 0 Å². The third-order valence-corrected chi connectivity index (χ3v) is 5.44. The lowest BCUT2D eigenvalue weighted by Gasteiger charge is -2.32. The van der Waals surface area contributed by atoms with Crippen LogP contribution in [-0.4, -0.2) is 37.3 Å². The number of halogens is 3. The average Bonchev–Trinajstić information content (AvgIpc) is 2.91. The maximum absolute atomic E-state index is 13.2. The fourth-order valence-corrected chi connectivity index (χ4v) is 3.82. The highest BCUT2D eigenvalue weighted by Gasteiger charge is 2.32. The monoisotopic (exact) mass is 380 g/mol. The smallest absolute Gasteiger partial charge is 0.315 e. The standard InChI is InChI=1S/C20H23F3N2S/c1-26-18-8-6-15(7-9-18)19(25-12-3-10-24-11-13-25)16-4-2-5-17(14-16)20(21,22)23/h2,4-9,14,19,24H,3,10-13H2,1H3. The SMILES string of the molecule is CSc1ccc(C(c2cccc(C(F)(F)F)c2)N2CCCNCC2)cc1. The molecule has 0 radical (unpaired) electrons. The van der Waals surface area contributed by atoms with Crippen LogP contribution in [-0.2, 0) is 6.18 Å². The van der Waals surface area contributed by atoms with Crippen molar-refractivity contribution in [2.45, 2.75) is 23.5 Å². The molecular formula is C20H23F3N2S. The molecule has 26 heavy (non-hydrogen) atoms. The van der Waals surface area contributed by atoms with Gasteiger partial charge in [-0.2, -0.15) is 13.2 Å². The van der Waals surface area contributed by atoms with E-state index in [1.807, 2.05) is 30.5 Å². The van der Waals surface area contributed by atoms with Crippen LogP contribution in [0.15, 0.2) is 53.4 Å². The van der Waals surface area contributed by atoms with Crippen molar-refractivity contribution in [3.63, 3.8) is 0 Å². The van der Waals surface area contributed by atoms with E-state index in [1.165, 1.54) is 12.1 Å². The largest absolute Gasteiger partial charge is 0.416 e. The summed E-state index contributed by atoms with van der Waals surface area (Å²) in [5.41, 5.74) is 1.14. The van der Waals surface area contributed by atoms with E-state index in [2.05, 4.69) is 10.2 Å². The van der Waals surface area contributed by atoms with Gasteiger partial charge in [0.15, 0.2) is 0 Å². The highest BCUT2D eigenvalue weighted by atomic mass is 32.2. The molecule has 140 valence electrons. The first-order valence-corrected chi connectivity index (χ1v) is 9.97. The van der Waals surface area contributed by atoms with E-state index in [9.17, 15) is 13.2 Å². The molecule has 2 aromatic rings. The van der Waals surface area contributed by atoms with Crippen molar-refractivity contribution in [2.24, 2.45) is 0 Å². The molecule has 1 N–H and O–H groups in total. The molecule has 3 rings (SSSR count). The highest BCUT2D eigenvalue weighted by Crippen LogP contribution is 2.35. The van der Waals surface area contributed by atoms with Gasteiger partial charge in [0.2, 0.25) is 0 Å². The molecule has 0 spiro atoms. The quantitative estimate of drug-likeness (QED) is 0.766. The number of thioether (sulfide) groups is 1. The lowest BCUT2D eigenvalue weighted by molar-refractivity contribution is -0.137. The van der Waals surface area contributed by atoms with Crippen LogP contribution in [0, 0.1) is 0 Å². The Morgan fingerprint density at radius 2 is 1.77 bits per heavy atom. The van der Waals surface area contributed by atoms with Gasteiger partial charge < -0.3 is 5.32 Å². The number of nitrogens with zero attached hydrogens (tertiary/aromatic N) is 1. The van der Waals surface area contributed by atoms with Crippen LogP contribution in [0.3, 0.4) is 0 Å². The van der Waals surface area contributed by atoms with Crippen LogP contribution >= 0.6 is 11.8 Å². The Balaban J connectivity index is 2.01. The van der Waals surface area contributed by atoms with Crippen LogP contribution in [0.1, 0.15) is 29.2 Å². The van der Waals surface area contributed by atoms with E-state index in [1.54, 1.807) is 17.8 Å². The zero-order chi connectivity index (χ0) is 18.6. The lowest BCUT2D eigenvalue weighted by Crippen LogP contribution is -2.33. The summed E-state index contributed by atoms with van der Waals surface area (Å²) < 4.78 is 39.6. The van der Waals surface area contributed by atoms with Gasteiger partial charge in [-0.3, -0.25) is 4.90 Å². The molecule has 2 nitrogen and oxygen atoms in total. The summed E-state index contributed by atoms with van der Waals surface area (Å²) in [5, 5.41) is 3.36. The van der Waals surface area contributed by atoms with Crippen molar-refractivity contribution >= 4 is 11.8 Å². The van der Waals surface area contributed by atoms with Gasteiger partial charge in [0.25, 0.3) is 0 Å². The molecule has 6 heteroatoms. The molecule has 1 unspecified atom stereocenters. The maximum atomic E-state index is 13.2. The van der Waals surface area contributed by atoms with Gasteiger partial charge in [-0.15, -0.1) is 11.8 Å². The lowest BCUT2D eigenvalue weighted by atomic mass is 9.95. The molecule has 0 aliphatic carbocycles. The predicted octanol–water partition coefficient (Wildman–Crippen LogP) is 4.81. The summed E-state index contributed by atoms with van der Waals surface area (Å²) in [7, 11) is 0. The Kier molecular flexibility index (Phi) is 6.27. The summed E-state index contributed by atoms with van der Waals surface area (Å²) in [6.07, 6.45) is -1.33. The third-order valence-electron chi connectivity index (χ3n) is 4.70. The summed E-state index contributed by atoms with van der Waals surface area (Å²) in [4.78, 5) is 3.43. The Hall–Kier alpha value is -1.50. The molecule has 0 saturated carbocycles. The first-order valence-electron chi connectivity index (χ1n) is 8.75. The summed E-state index contributed by atoms with van der Waals surface area (Å²) in [6, 6.07) is 13.7. The molecule has 1 atom stereocenters. The van der Waals surface area contributed by atoms with Crippen molar-refractivity contribution in [3.05, 3.63) is 65.2 Å². The second-order valence-corrected chi connectivity index (χ2v) is 7.32. The summed E-state index contributed by atoms with van der Waals surface area (Å²) >= 11 is 1.66. The second-order valence-electron chi connectivity index (χ2n) is 6.44. The number of hydrogen-bond donors (Lipinski definition) is 1. The van der Waals surface area contributed by atoms with Crippen LogP contribution < -0.4 is 5.32 Å². The van der Waals surface area contributed by atoms with E-state index >= 15 is 0 Å². The van der Waals surface area contributed by atoms with Crippen molar-refractivity contribution in [1.29, 1.82) is 0 Å². The van der Waals surface area contributed by atoms with E-state index in [0.717, 1.165) is 49.1 Å². The molecule has 1 aliphatic rings. The van der Waals surface area contributed by atoms with E-state index < -0.39 is 11.7 Å². The number of alkyl halides is 3. The minimum atomic E-state index is -4.33. The Labute approximate surface area is 156 Å². The van der Waals surface area contributed by atoms with Gasteiger partial charge in [-0.1, -0.05) is 24.3 Å². The van der Waals surface area contributed by atoms with Crippen molar-refractivity contribution in [1.82, 2.24) is 10.2 Å². The minimum Gasteiger partial charge on any atom is -0.315 e. The molecule has 1 aliphatic heterocycles. The fourth-order valence-electron chi connectivity index (χ4n) is 3.41. The van der Waals surface area contributed by atoms with Gasteiger partial charge in [-0.25, -0.2) is 0 Å². The number of benzene rings is 2. The highest BCUT2D eigenvalue weighted by molar-refractivity contribution is 7.98. The van der Waals surface area contributed by atoms with Gasteiger partial charge in [0.05, 0.1) is 11.6 Å². The number of hydrogen-bond acceptors (Lipinski definition) is 3. The number of nitrogens with one attached hydrogen (secondary N) is 1. The number of rotatable bonds is 4. The van der Waals surface area contributed by atoms with E-state index in [0.29, 0.717) is 5.56 Å². The Bertz CT molecular complexity index is 708. The molecule has 0 amide bonds.